The average Bonchev–Trinajstić information content (AvgIpc) is 2.85. The molecule has 2 aliphatic rings. The third kappa shape index (κ3) is 7.50. The Morgan fingerprint density at radius 1 is 0.618 bits per heavy atom. The van der Waals surface area contributed by atoms with Crippen LogP contribution in [0.25, 0.3) is 0 Å². The summed E-state index contributed by atoms with van der Waals surface area (Å²) in [7, 11) is 4.53. The number of likely N-dealkylation sites (N-methyl/N-ethyl adjacent to an activating group) is 2. The van der Waals surface area contributed by atoms with Gasteiger partial charge in [0.05, 0.1) is 51.9 Å². The number of nitrogens with zero attached hydrogens (tertiary/aromatic N) is 4. The zero-order valence-corrected chi connectivity index (χ0v) is 20.5. The number of azo groups is 1. The summed E-state index contributed by atoms with van der Waals surface area (Å²) in [5, 5.41) is 8.68. The highest BCUT2D eigenvalue weighted by molar-refractivity contribution is 5.44. The van der Waals surface area contributed by atoms with Crippen LogP contribution in [0.15, 0.2) is 58.8 Å². The normalized spacial score (nSPS) is 19.7. The van der Waals surface area contributed by atoms with E-state index in [4.69, 9.17) is 18.9 Å². The number of ether oxygens (including phenoxy) is 4. The molecule has 0 N–H and O–H groups in total. The largest absolute Gasteiger partial charge is 0.488 e. The average molecular weight is 471 g/mol. The van der Waals surface area contributed by atoms with Crippen molar-refractivity contribution in [3.05, 3.63) is 48.5 Å². The van der Waals surface area contributed by atoms with Crippen molar-refractivity contribution in [1.29, 1.82) is 0 Å². The Morgan fingerprint density at radius 2 is 0.971 bits per heavy atom. The summed E-state index contributed by atoms with van der Waals surface area (Å²) in [4.78, 5) is 0. The number of hydrogen-bond donors (Lipinski definition) is 0. The predicted molar refractivity (Wildman–Crippen MR) is 131 cm³/mol. The third-order valence-electron chi connectivity index (χ3n) is 6.86. The van der Waals surface area contributed by atoms with Crippen LogP contribution in [0.4, 0.5) is 11.4 Å². The topological polar surface area (TPSA) is 61.6 Å². The van der Waals surface area contributed by atoms with Crippen molar-refractivity contribution in [1.82, 2.24) is 0 Å². The van der Waals surface area contributed by atoms with E-state index >= 15 is 0 Å². The highest BCUT2D eigenvalue weighted by atomic mass is 16.5. The van der Waals surface area contributed by atoms with Gasteiger partial charge in [0.2, 0.25) is 0 Å². The fourth-order valence-corrected chi connectivity index (χ4v) is 4.12. The second kappa shape index (κ2) is 11.8. The van der Waals surface area contributed by atoms with Crippen molar-refractivity contribution < 1.29 is 27.9 Å². The maximum Gasteiger partial charge on any atom is 0.137 e. The van der Waals surface area contributed by atoms with E-state index < -0.39 is 0 Å². The van der Waals surface area contributed by atoms with Crippen LogP contribution >= 0.6 is 0 Å². The van der Waals surface area contributed by atoms with Crippen molar-refractivity contribution in [2.45, 2.75) is 0 Å². The molecule has 0 saturated carbocycles. The Balaban J connectivity index is 1.19. The number of hydrogen-bond acceptors (Lipinski definition) is 6. The van der Waals surface area contributed by atoms with Crippen LogP contribution in [-0.2, 0) is 9.47 Å². The molecule has 8 heteroatoms. The molecular formula is C26H38N4O4+2. The van der Waals surface area contributed by atoms with E-state index in [2.05, 4.69) is 24.3 Å². The molecule has 0 aromatic heterocycles. The van der Waals surface area contributed by atoms with E-state index in [-0.39, 0.29) is 0 Å². The molecule has 2 heterocycles. The Kier molecular flexibility index (Phi) is 8.50. The molecule has 2 aliphatic heterocycles. The summed E-state index contributed by atoms with van der Waals surface area (Å²) < 4.78 is 24.8. The van der Waals surface area contributed by atoms with Crippen LogP contribution in [0.5, 0.6) is 11.5 Å². The summed E-state index contributed by atoms with van der Waals surface area (Å²) in [6, 6.07) is 15.5. The van der Waals surface area contributed by atoms with E-state index in [0.29, 0.717) is 13.2 Å². The zero-order chi connectivity index (χ0) is 23.7. The molecule has 0 aliphatic carbocycles. The predicted octanol–water partition coefficient (Wildman–Crippen LogP) is 3.81. The zero-order valence-electron chi connectivity index (χ0n) is 20.5. The Morgan fingerprint density at radius 3 is 1.32 bits per heavy atom. The van der Waals surface area contributed by atoms with E-state index in [1.54, 1.807) is 0 Å². The summed E-state index contributed by atoms with van der Waals surface area (Å²) in [6.07, 6.45) is 0. The number of benzene rings is 2. The maximum absolute atomic E-state index is 5.93. The molecule has 4 rings (SSSR count). The van der Waals surface area contributed by atoms with Crippen LogP contribution in [0.2, 0.25) is 0 Å². The molecule has 0 bridgehead atoms. The lowest BCUT2D eigenvalue weighted by atomic mass is 10.3. The van der Waals surface area contributed by atoms with Gasteiger partial charge in [-0.2, -0.15) is 10.2 Å². The van der Waals surface area contributed by atoms with E-state index in [1.165, 1.54) is 0 Å². The van der Waals surface area contributed by atoms with E-state index in [0.717, 1.165) is 97.5 Å². The van der Waals surface area contributed by atoms with Gasteiger partial charge in [0.25, 0.3) is 0 Å². The van der Waals surface area contributed by atoms with Crippen LogP contribution in [0, 0.1) is 0 Å². The molecule has 0 atom stereocenters. The monoisotopic (exact) mass is 470 g/mol. The molecule has 2 fully saturated rings. The minimum absolute atomic E-state index is 0.693. The van der Waals surface area contributed by atoms with Crippen molar-refractivity contribution in [2.75, 3.05) is 93.0 Å². The van der Waals surface area contributed by atoms with Crippen molar-refractivity contribution in [3.63, 3.8) is 0 Å². The number of morpholine rings is 2. The van der Waals surface area contributed by atoms with Gasteiger partial charge in [-0.15, -0.1) is 0 Å². The van der Waals surface area contributed by atoms with Gasteiger partial charge in [0.15, 0.2) is 0 Å². The highest BCUT2D eigenvalue weighted by Gasteiger charge is 2.25. The first-order chi connectivity index (χ1) is 16.5. The van der Waals surface area contributed by atoms with Crippen LogP contribution in [0.1, 0.15) is 0 Å². The molecule has 2 aromatic carbocycles. The van der Waals surface area contributed by atoms with Crippen LogP contribution in [0.3, 0.4) is 0 Å². The van der Waals surface area contributed by atoms with Crippen molar-refractivity contribution in [3.8, 4) is 11.5 Å². The van der Waals surface area contributed by atoms with Gasteiger partial charge in [0, 0.05) is 0 Å². The smallest absolute Gasteiger partial charge is 0.137 e. The van der Waals surface area contributed by atoms with Gasteiger partial charge >= 0.3 is 0 Å². The van der Waals surface area contributed by atoms with Gasteiger partial charge in [-0.1, -0.05) is 0 Å². The van der Waals surface area contributed by atoms with Gasteiger partial charge in [0.1, 0.15) is 64.0 Å². The molecule has 0 spiro atoms. The Hall–Kier alpha value is -2.52. The van der Waals surface area contributed by atoms with Gasteiger partial charge in [-0.05, 0) is 48.5 Å². The third-order valence-corrected chi connectivity index (χ3v) is 6.86. The Labute approximate surface area is 202 Å². The first kappa shape index (κ1) is 24.6. The lowest BCUT2D eigenvalue weighted by molar-refractivity contribution is -0.916. The molecule has 2 aromatic rings. The van der Waals surface area contributed by atoms with Crippen molar-refractivity contribution >= 4 is 11.4 Å². The second-order valence-corrected chi connectivity index (χ2v) is 9.69. The van der Waals surface area contributed by atoms with Crippen LogP contribution < -0.4 is 9.47 Å². The van der Waals surface area contributed by atoms with Crippen molar-refractivity contribution in [2.24, 2.45) is 10.2 Å². The second-order valence-electron chi connectivity index (χ2n) is 9.69. The first-order valence-corrected chi connectivity index (χ1v) is 12.2. The van der Waals surface area contributed by atoms with Gasteiger partial charge < -0.3 is 27.9 Å². The number of rotatable bonds is 10. The van der Waals surface area contributed by atoms with E-state index in [9.17, 15) is 0 Å². The minimum atomic E-state index is 0.693. The van der Waals surface area contributed by atoms with E-state index in [1.807, 2.05) is 48.5 Å². The maximum atomic E-state index is 5.93. The molecular weight excluding hydrogens is 432 g/mol. The number of quaternary nitrogens is 2. The highest BCUT2D eigenvalue weighted by Crippen LogP contribution is 2.23. The van der Waals surface area contributed by atoms with Crippen LogP contribution in [-0.4, -0.2) is 102 Å². The summed E-state index contributed by atoms with van der Waals surface area (Å²) >= 11 is 0. The molecule has 0 amide bonds. The summed E-state index contributed by atoms with van der Waals surface area (Å²) in [5.41, 5.74) is 1.59. The van der Waals surface area contributed by atoms with Gasteiger partial charge in [-0.25, -0.2) is 0 Å². The first-order valence-electron chi connectivity index (χ1n) is 12.2. The lowest BCUT2D eigenvalue weighted by Gasteiger charge is -2.37. The summed E-state index contributed by atoms with van der Waals surface area (Å²) in [5.74, 6) is 1.71. The molecule has 0 radical (unpaired) electrons. The molecule has 184 valence electrons. The fraction of sp³-hybridized carbons (Fsp3) is 0.538. The standard InChI is InChI=1S/C26H38N4O4/c1-29(11-17-31-18-12-29)15-21-33-25-7-3-23(4-8-25)27-28-24-5-9-26(10-6-24)34-22-16-30(2)13-19-32-20-14-30/h3-10H,11-22H2,1-2H3/q+2. The minimum Gasteiger partial charge on any atom is -0.488 e. The lowest BCUT2D eigenvalue weighted by Crippen LogP contribution is -2.53. The molecule has 2 saturated heterocycles. The fourth-order valence-electron chi connectivity index (χ4n) is 4.12. The molecule has 8 nitrogen and oxygen atoms in total. The Bertz CT molecular complexity index is 830. The van der Waals surface area contributed by atoms with Gasteiger partial charge in [-0.3, -0.25) is 0 Å². The summed E-state index contributed by atoms with van der Waals surface area (Å²) in [6.45, 7) is 10.9. The molecule has 34 heavy (non-hydrogen) atoms. The molecule has 0 unspecified atom stereocenters. The quantitative estimate of drug-likeness (QED) is 0.391. The SMILES string of the molecule is C[N+]1(CCOc2ccc(N=Nc3ccc(OCC[N+]4(C)CCOCC4)cc3)cc2)CCOCC1.